The molecule has 0 heterocycles. The molecule has 3 heteroatoms. The zero-order valence-corrected chi connectivity index (χ0v) is 15.9. The zero-order valence-electron chi connectivity index (χ0n) is 15.9. The molecule has 0 fully saturated rings. The summed E-state index contributed by atoms with van der Waals surface area (Å²) in [5.41, 5.74) is 1.40. The van der Waals surface area contributed by atoms with Crippen molar-refractivity contribution in [2.24, 2.45) is 0 Å². The van der Waals surface area contributed by atoms with Crippen LogP contribution in [0.5, 0.6) is 0 Å². The van der Waals surface area contributed by atoms with Crippen LogP contribution < -0.4 is 0 Å². The molecule has 0 spiro atoms. The summed E-state index contributed by atoms with van der Waals surface area (Å²) in [7, 11) is 0. The van der Waals surface area contributed by atoms with Crippen LogP contribution in [-0.4, -0.2) is 38.8 Å². The molecule has 1 atom stereocenters. The SMILES string of the molecule is CCCCC(Cc1ccccc1)O[N+](CCC)(CCC)CCC.[BH4-]. The van der Waals surface area contributed by atoms with Gasteiger partial charge in [0.2, 0.25) is 0 Å². The first-order chi connectivity index (χ1) is 11.2. The van der Waals surface area contributed by atoms with Crippen molar-refractivity contribution in [3.63, 3.8) is 0 Å². The Labute approximate surface area is 152 Å². The number of nitrogens with zero attached hydrogens (tertiary/aromatic N) is 1. The third kappa shape index (κ3) is 8.35. The molecular formula is C21H42BNO. The molecule has 0 aromatic heterocycles. The summed E-state index contributed by atoms with van der Waals surface area (Å²) >= 11 is 0. The van der Waals surface area contributed by atoms with Crippen LogP contribution in [0.2, 0.25) is 0 Å². The number of hydroxylamine groups is 3. The van der Waals surface area contributed by atoms with Crippen molar-refractivity contribution in [3.8, 4) is 0 Å². The molecule has 0 aliphatic rings. The van der Waals surface area contributed by atoms with E-state index >= 15 is 0 Å². The number of unbranched alkanes of at least 4 members (excludes halogenated alkanes) is 1. The van der Waals surface area contributed by atoms with Gasteiger partial charge < -0.3 is 0 Å². The maximum atomic E-state index is 6.80. The largest absolute Gasteiger partial charge is 0.199 e. The Morgan fingerprint density at radius 2 is 1.38 bits per heavy atom. The van der Waals surface area contributed by atoms with E-state index in [4.69, 9.17) is 4.84 Å². The molecule has 0 radical (unpaired) electrons. The Bertz CT molecular complexity index is 379. The van der Waals surface area contributed by atoms with Gasteiger partial charge in [-0.3, -0.25) is 0 Å². The quantitative estimate of drug-likeness (QED) is 0.296. The normalized spacial score (nSPS) is 12.7. The smallest absolute Gasteiger partial charge is 0.121 e. The predicted molar refractivity (Wildman–Crippen MR) is 112 cm³/mol. The van der Waals surface area contributed by atoms with Gasteiger partial charge >= 0.3 is 0 Å². The molecule has 0 aliphatic heterocycles. The van der Waals surface area contributed by atoms with Crippen molar-refractivity contribution in [3.05, 3.63) is 35.9 Å². The molecule has 0 saturated carbocycles. The Balaban J connectivity index is 0.00000529. The van der Waals surface area contributed by atoms with Gasteiger partial charge in [0, 0.05) is 6.42 Å². The van der Waals surface area contributed by atoms with E-state index in [2.05, 4.69) is 58.0 Å². The third-order valence-corrected chi connectivity index (χ3v) is 4.45. The van der Waals surface area contributed by atoms with E-state index in [1.807, 2.05) is 0 Å². The molecule has 1 rings (SSSR count). The number of hydrogen-bond donors (Lipinski definition) is 0. The number of hydrogen-bond acceptors (Lipinski definition) is 1. The van der Waals surface area contributed by atoms with Crippen LogP contribution in [0, 0.1) is 0 Å². The van der Waals surface area contributed by atoms with Crippen LogP contribution in [0.15, 0.2) is 30.3 Å². The fourth-order valence-electron chi connectivity index (χ4n) is 3.53. The molecule has 0 bridgehead atoms. The first-order valence-corrected chi connectivity index (χ1v) is 9.78. The monoisotopic (exact) mass is 335 g/mol. The van der Waals surface area contributed by atoms with E-state index in [1.54, 1.807) is 0 Å². The average molecular weight is 335 g/mol. The van der Waals surface area contributed by atoms with Crippen LogP contribution in [0.1, 0.15) is 71.8 Å². The highest BCUT2D eigenvalue weighted by atomic mass is 16.7. The van der Waals surface area contributed by atoms with E-state index < -0.39 is 0 Å². The molecule has 1 aromatic rings. The van der Waals surface area contributed by atoms with Gasteiger partial charge in [0.1, 0.15) is 25.7 Å². The molecule has 140 valence electrons. The predicted octanol–water partition coefficient (Wildman–Crippen LogP) is 4.31. The summed E-state index contributed by atoms with van der Waals surface area (Å²) in [6.45, 7) is 12.5. The highest BCUT2D eigenvalue weighted by Gasteiger charge is 2.31. The Morgan fingerprint density at radius 1 is 0.833 bits per heavy atom. The van der Waals surface area contributed by atoms with Crippen molar-refractivity contribution in [2.75, 3.05) is 19.6 Å². The molecule has 2 nitrogen and oxygen atoms in total. The molecule has 24 heavy (non-hydrogen) atoms. The fraction of sp³-hybridized carbons (Fsp3) is 0.714. The van der Waals surface area contributed by atoms with Gasteiger partial charge in [-0.15, -0.1) is 0 Å². The standard InChI is InChI=1S/C21H38NO.BH4/c1-5-9-15-21(19-20-13-11-10-12-14-20)23-22(16-6-2,17-7-3)18-8-4;/h10-14,21H,5-9,15-19H2,1-4H3;1H4/q+1;-1. The fourth-order valence-corrected chi connectivity index (χ4v) is 3.53. The van der Waals surface area contributed by atoms with Crippen molar-refractivity contribution >= 4 is 8.41 Å². The van der Waals surface area contributed by atoms with E-state index in [0.29, 0.717) is 6.10 Å². The van der Waals surface area contributed by atoms with Crippen molar-refractivity contribution in [2.45, 2.75) is 78.7 Å². The summed E-state index contributed by atoms with van der Waals surface area (Å²) < 4.78 is 0.852. The first-order valence-electron chi connectivity index (χ1n) is 9.78. The summed E-state index contributed by atoms with van der Waals surface area (Å²) in [4.78, 5) is 6.80. The van der Waals surface area contributed by atoms with E-state index in [0.717, 1.165) is 30.7 Å². The second-order valence-corrected chi connectivity index (χ2v) is 6.79. The molecule has 0 N–H and O–H groups in total. The van der Waals surface area contributed by atoms with Crippen molar-refractivity contribution in [1.82, 2.24) is 0 Å². The number of rotatable bonds is 13. The second kappa shape index (κ2) is 13.5. The van der Waals surface area contributed by atoms with Crippen molar-refractivity contribution in [1.29, 1.82) is 0 Å². The van der Waals surface area contributed by atoms with Gasteiger partial charge in [-0.25, -0.2) is 0 Å². The maximum Gasteiger partial charge on any atom is 0.121 e. The maximum absolute atomic E-state index is 6.80. The van der Waals surface area contributed by atoms with Gasteiger partial charge in [-0.2, -0.15) is 9.48 Å². The van der Waals surface area contributed by atoms with Crippen molar-refractivity contribution < 1.29 is 9.48 Å². The lowest BCUT2D eigenvalue weighted by molar-refractivity contribution is -1.11. The van der Waals surface area contributed by atoms with Gasteiger partial charge in [0.15, 0.2) is 0 Å². The summed E-state index contributed by atoms with van der Waals surface area (Å²) in [6, 6.07) is 10.8. The molecule has 1 aromatic carbocycles. The van der Waals surface area contributed by atoms with Gasteiger partial charge in [0.25, 0.3) is 0 Å². The Hall–Kier alpha value is -0.795. The average Bonchev–Trinajstić information content (AvgIpc) is 2.54. The Kier molecular flexibility index (Phi) is 13.0. The third-order valence-electron chi connectivity index (χ3n) is 4.45. The first kappa shape index (κ1) is 23.2. The summed E-state index contributed by atoms with van der Waals surface area (Å²) in [6.07, 6.45) is 8.59. The summed E-state index contributed by atoms with van der Waals surface area (Å²) in [5.74, 6) is 0. The minimum atomic E-state index is 0. The molecule has 0 amide bonds. The summed E-state index contributed by atoms with van der Waals surface area (Å²) in [5, 5.41) is 0. The molecule has 1 unspecified atom stereocenters. The van der Waals surface area contributed by atoms with E-state index in [-0.39, 0.29) is 8.41 Å². The van der Waals surface area contributed by atoms with Gasteiger partial charge in [-0.1, -0.05) is 79.3 Å². The van der Waals surface area contributed by atoms with Gasteiger partial charge in [-0.05, 0) is 31.2 Å². The topological polar surface area (TPSA) is 9.23 Å². The zero-order chi connectivity index (χ0) is 17.0. The number of benzene rings is 1. The second-order valence-electron chi connectivity index (χ2n) is 6.79. The minimum absolute atomic E-state index is 0. The van der Waals surface area contributed by atoms with Crippen LogP contribution >= 0.6 is 0 Å². The lowest BCUT2D eigenvalue weighted by Gasteiger charge is -2.38. The minimum Gasteiger partial charge on any atom is -0.199 e. The molecule has 0 saturated heterocycles. The highest BCUT2D eigenvalue weighted by Crippen LogP contribution is 2.21. The lowest BCUT2D eigenvalue weighted by Crippen LogP contribution is -2.52. The van der Waals surface area contributed by atoms with E-state index in [9.17, 15) is 0 Å². The van der Waals surface area contributed by atoms with Crippen LogP contribution in [-0.2, 0) is 11.3 Å². The van der Waals surface area contributed by atoms with Crippen LogP contribution in [0.3, 0.4) is 0 Å². The van der Waals surface area contributed by atoms with E-state index in [1.165, 1.54) is 44.1 Å². The lowest BCUT2D eigenvalue weighted by atomic mass is 10.0. The van der Waals surface area contributed by atoms with Gasteiger partial charge in [0.05, 0.1) is 0 Å². The van der Waals surface area contributed by atoms with Crippen LogP contribution in [0.4, 0.5) is 0 Å². The Morgan fingerprint density at radius 3 is 1.83 bits per heavy atom. The molecular weight excluding hydrogens is 293 g/mol. The van der Waals surface area contributed by atoms with Crippen LogP contribution in [0.25, 0.3) is 0 Å². The molecule has 0 aliphatic carbocycles. The highest BCUT2D eigenvalue weighted by molar-refractivity contribution is 5.75. The number of quaternary nitrogens is 1.